The molecular formula is C10H20N2O. The lowest BCUT2D eigenvalue weighted by Crippen LogP contribution is -2.31. The molecule has 0 atom stereocenters. The standard InChI is InChI=1S/C10H20N2O/c1-8(2)9(3)10(13)12(4)7-5-6-11/h8H,3,5-7,11H2,1-2,4H3. The van der Waals surface area contributed by atoms with Crippen LogP contribution in [0.2, 0.25) is 0 Å². The summed E-state index contributed by atoms with van der Waals surface area (Å²) in [6, 6.07) is 0. The summed E-state index contributed by atoms with van der Waals surface area (Å²) in [7, 11) is 1.78. The highest BCUT2D eigenvalue weighted by Crippen LogP contribution is 2.09. The van der Waals surface area contributed by atoms with Crippen molar-refractivity contribution >= 4 is 5.91 Å². The van der Waals surface area contributed by atoms with Crippen molar-refractivity contribution in [3.8, 4) is 0 Å². The van der Waals surface area contributed by atoms with E-state index in [1.807, 2.05) is 13.8 Å². The molecule has 0 rings (SSSR count). The van der Waals surface area contributed by atoms with Gasteiger partial charge in [0.05, 0.1) is 0 Å². The Balaban J connectivity index is 4.02. The van der Waals surface area contributed by atoms with E-state index in [-0.39, 0.29) is 11.8 Å². The van der Waals surface area contributed by atoms with Crippen molar-refractivity contribution in [3.05, 3.63) is 12.2 Å². The normalized spacial score (nSPS) is 10.2. The molecule has 0 aliphatic carbocycles. The Hall–Kier alpha value is -0.830. The summed E-state index contributed by atoms with van der Waals surface area (Å²) >= 11 is 0. The van der Waals surface area contributed by atoms with E-state index in [0.717, 1.165) is 6.42 Å². The predicted octanol–water partition coefficient (Wildman–Crippen LogP) is 1.01. The van der Waals surface area contributed by atoms with Crippen molar-refractivity contribution in [2.45, 2.75) is 20.3 Å². The van der Waals surface area contributed by atoms with Gasteiger partial charge in [0.25, 0.3) is 0 Å². The van der Waals surface area contributed by atoms with Crippen LogP contribution in [0.3, 0.4) is 0 Å². The maximum absolute atomic E-state index is 11.6. The first kappa shape index (κ1) is 12.2. The lowest BCUT2D eigenvalue weighted by Gasteiger charge is -2.19. The third-order valence-corrected chi connectivity index (χ3v) is 2.02. The molecule has 3 nitrogen and oxygen atoms in total. The maximum atomic E-state index is 11.6. The first-order chi connectivity index (χ1) is 6.00. The third kappa shape index (κ3) is 4.08. The summed E-state index contributed by atoms with van der Waals surface area (Å²) < 4.78 is 0. The molecule has 1 amide bonds. The quantitative estimate of drug-likeness (QED) is 0.648. The van der Waals surface area contributed by atoms with Crippen LogP contribution in [0.4, 0.5) is 0 Å². The monoisotopic (exact) mass is 184 g/mol. The van der Waals surface area contributed by atoms with Gasteiger partial charge in [-0.3, -0.25) is 4.79 Å². The van der Waals surface area contributed by atoms with Crippen LogP contribution in [0.25, 0.3) is 0 Å². The molecule has 0 unspecified atom stereocenters. The van der Waals surface area contributed by atoms with Crippen molar-refractivity contribution in [1.82, 2.24) is 4.90 Å². The van der Waals surface area contributed by atoms with E-state index >= 15 is 0 Å². The maximum Gasteiger partial charge on any atom is 0.249 e. The molecule has 0 aromatic rings. The second-order valence-electron chi connectivity index (χ2n) is 3.55. The van der Waals surface area contributed by atoms with Crippen LogP contribution in [-0.2, 0) is 4.79 Å². The molecule has 3 heteroatoms. The highest BCUT2D eigenvalue weighted by atomic mass is 16.2. The van der Waals surface area contributed by atoms with Crippen molar-refractivity contribution in [3.63, 3.8) is 0 Å². The van der Waals surface area contributed by atoms with Gasteiger partial charge in [-0.2, -0.15) is 0 Å². The lowest BCUT2D eigenvalue weighted by atomic mass is 10.0. The molecule has 0 bridgehead atoms. The second kappa shape index (κ2) is 5.75. The molecule has 0 fully saturated rings. The number of hydrogen-bond donors (Lipinski definition) is 1. The van der Waals surface area contributed by atoms with Gasteiger partial charge in [0, 0.05) is 19.2 Å². The van der Waals surface area contributed by atoms with Crippen molar-refractivity contribution in [2.75, 3.05) is 20.1 Å². The van der Waals surface area contributed by atoms with Gasteiger partial charge < -0.3 is 10.6 Å². The summed E-state index contributed by atoms with van der Waals surface area (Å²) in [5.74, 6) is 0.247. The van der Waals surface area contributed by atoms with Gasteiger partial charge in [-0.1, -0.05) is 20.4 Å². The summed E-state index contributed by atoms with van der Waals surface area (Å²) in [5.41, 5.74) is 6.02. The second-order valence-corrected chi connectivity index (χ2v) is 3.55. The van der Waals surface area contributed by atoms with Gasteiger partial charge in [-0.05, 0) is 18.9 Å². The van der Waals surface area contributed by atoms with E-state index in [2.05, 4.69) is 6.58 Å². The Morgan fingerprint density at radius 2 is 2.08 bits per heavy atom. The zero-order valence-corrected chi connectivity index (χ0v) is 8.84. The topological polar surface area (TPSA) is 46.3 Å². The Morgan fingerprint density at radius 1 is 1.54 bits per heavy atom. The minimum absolute atomic E-state index is 0.0310. The highest BCUT2D eigenvalue weighted by Gasteiger charge is 2.14. The fraction of sp³-hybridized carbons (Fsp3) is 0.700. The minimum atomic E-state index is 0.0310. The Labute approximate surface area is 80.6 Å². The van der Waals surface area contributed by atoms with Crippen LogP contribution in [0.1, 0.15) is 20.3 Å². The SMILES string of the molecule is C=C(C(=O)N(C)CCCN)C(C)C. The summed E-state index contributed by atoms with van der Waals surface area (Å²) in [5, 5.41) is 0. The molecule has 0 saturated carbocycles. The van der Waals surface area contributed by atoms with E-state index in [1.165, 1.54) is 0 Å². The number of nitrogens with two attached hydrogens (primary N) is 1. The smallest absolute Gasteiger partial charge is 0.249 e. The number of hydrogen-bond acceptors (Lipinski definition) is 2. The molecule has 0 aromatic heterocycles. The Morgan fingerprint density at radius 3 is 2.46 bits per heavy atom. The van der Waals surface area contributed by atoms with E-state index in [0.29, 0.717) is 18.7 Å². The van der Waals surface area contributed by atoms with Gasteiger partial charge >= 0.3 is 0 Å². The molecule has 2 N–H and O–H groups in total. The van der Waals surface area contributed by atoms with Crippen LogP contribution >= 0.6 is 0 Å². The van der Waals surface area contributed by atoms with Crippen molar-refractivity contribution < 1.29 is 4.79 Å². The van der Waals surface area contributed by atoms with E-state index in [9.17, 15) is 4.79 Å². The van der Waals surface area contributed by atoms with Gasteiger partial charge in [0.2, 0.25) is 5.91 Å². The van der Waals surface area contributed by atoms with Crippen LogP contribution in [0.5, 0.6) is 0 Å². The van der Waals surface area contributed by atoms with E-state index < -0.39 is 0 Å². The van der Waals surface area contributed by atoms with Crippen molar-refractivity contribution in [2.24, 2.45) is 11.7 Å². The van der Waals surface area contributed by atoms with Gasteiger partial charge in [-0.25, -0.2) is 0 Å². The predicted molar refractivity (Wildman–Crippen MR) is 55.3 cm³/mol. The fourth-order valence-electron chi connectivity index (χ4n) is 0.922. The number of carbonyl (C=O) groups is 1. The van der Waals surface area contributed by atoms with E-state index in [1.54, 1.807) is 11.9 Å². The van der Waals surface area contributed by atoms with Crippen LogP contribution < -0.4 is 5.73 Å². The number of amides is 1. The summed E-state index contributed by atoms with van der Waals surface area (Å²) in [6.07, 6.45) is 0.841. The Bertz CT molecular complexity index is 187. The molecule has 0 aromatic carbocycles. The number of carbonyl (C=O) groups excluding carboxylic acids is 1. The molecule has 0 saturated heterocycles. The van der Waals surface area contributed by atoms with Gasteiger partial charge in [-0.15, -0.1) is 0 Å². The first-order valence-corrected chi connectivity index (χ1v) is 4.65. The number of rotatable bonds is 5. The molecule has 0 radical (unpaired) electrons. The minimum Gasteiger partial charge on any atom is -0.342 e. The zero-order chi connectivity index (χ0) is 10.4. The summed E-state index contributed by atoms with van der Waals surface area (Å²) in [4.78, 5) is 13.3. The van der Waals surface area contributed by atoms with Crippen LogP contribution in [0, 0.1) is 5.92 Å². The largest absolute Gasteiger partial charge is 0.342 e. The number of likely N-dealkylation sites (N-methyl/N-ethyl adjacent to an activating group) is 1. The van der Waals surface area contributed by atoms with Crippen LogP contribution in [0.15, 0.2) is 12.2 Å². The average Bonchev–Trinajstić information content (AvgIpc) is 2.11. The first-order valence-electron chi connectivity index (χ1n) is 4.65. The molecular weight excluding hydrogens is 164 g/mol. The summed E-state index contributed by atoms with van der Waals surface area (Å²) in [6.45, 7) is 9.03. The molecule has 76 valence electrons. The Kier molecular flexibility index (Phi) is 5.39. The molecule has 13 heavy (non-hydrogen) atoms. The molecule has 0 spiro atoms. The zero-order valence-electron chi connectivity index (χ0n) is 8.84. The highest BCUT2D eigenvalue weighted by molar-refractivity contribution is 5.92. The lowest BCUT2D eigenvalue weighted by molar-refractivity contribution is -0.126. The van der Waals surface area contributed by atoms with Crippen molar-refractivity contribution in [1.29, 1.82) is 0 Å². The van der Waals surface area contributed by atoms with Gasteiger partial charge in [0.1, 0.15) is 0 Å². The fourth-order valence-corrected chi connectivity index (χ4v) is 0.922. The van der Waals surface area contributed by atoms with E-state index in [4.69, 9.17) is 5.73 Å². The van der Waals surface area contributed by atoms with Gasteiger partial charge in [0.15, 0.2) is 0 Å². The molecule has 0 heterocycles. The third-order valence-electron chi connectivity index (χ3n) is 2.02. The number of nitrogens with zero attached hydrogens (tertiary/aromatic N) is 1. The molecule has 0 aliphatic rings. The van der Waals surface area contributed by atoms with Crippen LogP contribution in [-0.4, -0.2) is 30.9 Å². The molecule has 0 aliphatic heterocycles. The average molecular weight is 184 g/mol.